The molecule has 14 heavy (non-hydrogen) atoms. The molecule has 0 radical (unpaired) electrons. The predicted octanol–water partition coefficient (Wildman–Crippen LogP) is 1.94. The Morgan fingerprint density at radius 1 is 1.64 bits per heavy atom. The summed E-state index contributed by atoms with van der Waals surface area (Å²) >= 11 is 5.82. The van der Waals surface area contributed by atoms with E-state index in [0.29, 0.717) is 17.0 Å². The Bertz CT molecular complexity index is 390. The van der Waals surface area contributed by atoms with E-state index in [0.717, 1.165) is 0 Å². The third-order valence-corrected chi connectivity index (χ3v) is 2.32. The van der Waals surface area contributed by atoms with E-state index in [2.05, 4.69) is 0 Å². The first kappa shape index (κ1) is 10.7. The van der Waals surface area contributed by atoms with Crippen LogP contribution in [0.4, 0.5) is 5.69 Å². The number of carbonyl (C=O) groups is 1. The minimum absolute atomic E-state index is 0.0494. The van der Waals surface area contributed by atoms with Crippen molar-refractivity contribution < 1.29 is 14.6 Å². The third kappa shape index (κ3) is 1.61. The van der Waals surface area contributed by atoms with Crippen LogP contribution in [0.25, 0.3) is 0 Å². The molecule has 0 saturated heterocycles. The molecule has 0 saturated carbocycles. The molecular formula is C9H10ClNO3. The standard InChI is InChI=1S/C9H10ClNO3/c1-4-6(11)3-5(9(12)13)7(10)8(4)14-2/h3H,11H2,1-2H3,(H,12,13). The zero-order chi connectivity index (χ0) is 10.9. The van der Waals surface area contributed by atoms with Crippen molar-refractivity contribution in [3.63, 3.8) is 0 Å². The number of carboxylic acids is 1. The van der Waals surface area contributed by atoms with Gasteiger partial charge in [0, 0.05) is 11.3 Å². The lowest BCUT2D eigenvalue weighted by Crippen LogP contribution is -2.03. The second kappa shape index (κ2) is 3.75. The molecule has 0 unspecified atom stereocenters. The summed E-state index contributed by atoms with van der Waals surface area (Å²) in [5, 5.41) is 8.88. The van der Waals surface area contributed by atoms with Crippen LogP contribution in [0.15, 0.2) is 6.07 Å². The zero-order valence-electron chi connectivity index (χ0n) is 7.80. The average molecular weight is 216 g/mol. The summed E-state index contributed by atoms with van der Waals surface area (Å²) in [6, 6.07) is 1.32. The number of halogens is 1. The van der Waals surface area contributed by atoms with Crippen LogP contribution in [0, 0.1) is 6.92 Å². The van der Waals surface area contributed by atoms with Crippen LogP contribution in [-0.4, -0.2) is 18.2 Å². The molecule has 0 atom stereocenters. The molecular weight excluding hydrogens is 206 g/mol. The van der Waals surface area contributed by atoms with Gasteiger partial charge in [-0.15, -0.1) is 0 Å². The lowest BCUT2D eigenvalue weighted by molar-refractivity contribution is 0.0696. The summed E-state index contributed by atoms with van der Waals surface area (Å²) in [6.07, 6.45) is 0. The Hall–Kier alpha value is -1.42. The summed E-state index contributed by atoms with van der Waals surface area (Å²) in [6.45, 7) is 1.71. The van der Waals surface area contributed by atoms with Gasteiger partial charge in [0.1, 0.15) is 5.75 Å². The first-order valence-corrected chi connectivity index (χ1v) is 4.22. The molecule has 76 valence electrons. The van der Waals surface area contributed by atoms with Gasteiger partial charge >= 0.3 is 5.97 Å². The van der Waals surface area contributed by atoms with Crippen LogP contribution in [0.5, 0.6) is 5.75 Å². The molecule has 1 aromatic carbocycles. The van der Waals surface area contributed by atoms with Crippen LogP contribution in [0.3, 0.4) is 0 Å². The third-order valence-electron chi connectivity index (χ3n) is 1.94. The van der Waals surface area contributed by atoms with E-state index in [9.17, 15) is 4.79 Å². The molecule has 0 heterocycles. The fraction of sp³-hybridized carbons (Fsp3) is 0.222. The molecule has 0 aliphatic rings. The van der Waals surface area contributed by atoms with Gasteiger partial charge in [0.2, 0.25) is 0 Å². The summed E-state index contributed by atoms with van der Waals surface area (Å²) in [4.78, 5) is 10.8. The van der Waals surface area contributed by atoms with Gasteiger partial charge in [-0.05, 0) is 13.0 Å². The van der Waals surface area contributed by atoms with Crippen LogP contribution in [-0.2, 0) is 0 Å². The molecule has 3 N–H and O–H groups in total. The van der Waals surface area contributed by atoms with Crippen molar-refractivity contribution >= 4 is 23.3 Å². The van der Waals surface area contributed by atoms with E-state index in [1.165, 1.54) is 13.2 Å². The number of nitrogen functional groups attached to an aromatic ring is 1. The number of rotatable bonds is 2. The summed E-state index contributed by atoms with van der Waals surface area (Å²) < 4.78 is 4.97. The van der Waals surface area contributed by atoms with Crippen LogP contribution < -0.4 is 10.5 Å². The fourth-order valence-corrected chi connectivity index (χ4v) is 1.50. The van der Waals surface area contributed by atoms with E-state index >= 15 is 0 Å². The highest BCUT2D eigenvalue weighted by Gasteiger charge is 2.17. The average Bonchev–Trinajstić information content (AvgIpc) is 2.12. The zero-order valence-corrected chi connectivity index (χ0v) is 8.55. The van der Waals surface area contributed by atoms with Crippen molar-refractivity contribution in [1.29, 1.82) is 0 Å². The number of anilines is 1. The SMILES string of the molecule is COc1c(C)c(N)cc(C(=O)O)c1Cl. The van der Waals surface area contributed by atoms with Crippen LogP contribution in [0.2, 0.25) is 5.02 Å². The molecule has 1 rings (SSSR count). The second-order valence-corrected chi connectivity index (χ2v) is 3.17. The van der Waals surface area contributed by atoms with Crippen molar-refractivity contribution in [2.45, 2.75) is 6.92 Å². The van der Waals surface area contributed by atoms with Gasteiger partial charge in [0.15, 0.2) is 0 Å². The van der Waals surface area contributed by atoms with E-state index in [-0.39, 0.29) is 10.6 Å². The van der Waals surface area contributed by atoms with Crippen molar-refractivity contribution in [2.75, 3.05) is 12.8 Å². The van der Waals surface area contributed by atoms with Gasteiger partial charge in [0.25, 0.3) is 0 Å². The Balaban J connectivity index is 3.50. The number of carboxylic acid groups (broad SMARTS) is 1. The number of aromatic carboxylic acids is 1. The molecule has 4 nitrogen and oxygen atoms in total. The Morgan fingerprint density at radius 2 is 2.21 bits per heavy atom. The Labute approximate surface area is 86.2 Å². The number of nitrogens with two attached hydrogens (primary N) is 1. The van der Waals surface area contributed by atoms with Crippen molar-refractivity contribution in [3.8, 4) is 5.75 Å². The molecule has 0 spiro atoms. The monoisotopic (exact) mass is 215 g/mol. The highest BCUT2D eigenvalue weighted by molar-refractivity contribution is 6.35. The highest BCUT2D eigenvalue weighted by Crippen LogP contribution is 2.35. The molecule has 0 aromatic heterocycles. The minimum atomic E-state index is -1.12. The molecule has 0 amide bonds. The minimum Gasteiger partial charge on any atom is -0.495 e. The van der Waals surface area contributed by atoms with Crippen molar-refractivity contribution in [1.82, 2.24) is 0 Å². The fourth-order valence-electron chi connectivity index (χ4n) is 1.14. The Morgan fingerprint density at radius 3 is 2.64 bits per heavy atom. The molecule has 0 fully saturated rings. The normalized spacial score (nSPS) is 9.93. The Kier molecular flexibility index (Phi) is 2.86. The highest BCUT2D eigenvalue weighted by atomic mass is 35.5. The molecule has 0 bridgehead atoms. The van der Waals surface area contributed by atoms with E-state index in [1.807, 2.05) is 0 Å². The quantitative estimate of drug-likeness (QED) is 0.740. The van der Waals surface area contributed by atoms with Gasteiger partial charge in [0.05, 0.1) is 17.7 Å². The molecule has 1 aromatic rings. The van der Waals surface area contributed by atoms with Gasteiger partial charge in [-0.3, -0.25) is 0 Å². The summed E-state index contributed by atoms with van der Waals surface area (Å²) in [7, 11) is 1.42. The van der Waals surface area contributed by atoms with E-state index in [1.54, 1.807) is 6.92 Å². The lowest BCUT2D eigenvalue weighted by atomic mass is 10.1. The number of ether oxygens (including phenoxy) is 1. The largest absolute Gasteiger partial charge is 0.495 e. The maximum Gasteiger partial charge on any atom is 0.337 e. The van der Waals surface area contributed by atoms with E-state index < -0.39 is 5.97 Å². The lowest BCUT2D eigenvalue weighted by Gasteiger charge is -2.11. The van der Waals surface area contributed by atoms with Gasteiger partial charge in [-0.1, -0.05) is 11.6 Å². The van der Waals surface area contributed by atoms with Gasteiger partial charge < -0.3 is 15.6 Å². The smallest absolute Gasteiger partial charge is 0.337 e. The van der Waals surface area contributed by atoms with Crippen LogP contribution in [0.1, 0.15) is 15.9 Å². The second-order valence-electron chi connectivity index (χ2n) is 2.79. The molecule has 0 aliphatic carbocycles. The van der Waals surface area contributed by atoms with Gasteiger partial charge in [-0.25, -0.2) is 4.79 Å². The number of hydrogen-bond acceptors (Lipinski definition) is 3. The maximum atomic E-state index is 10.8. The van der Waals surface area contributed by atoms with Crippen LogP contribution >= 0.6 is 11.6 Å². The first-order valence-electron chi connectivity index (χ1n) is 3.85. The predicted molar refractivity (Wildman–Crippen MR) is 54.1 cm³/mol. The number of methoxy groups -OCH3 is 1. The summed E-state index contributed by atoms with van der Waals surface area (Å²) in [5.74, 6) is -0.816. The number of benzene rings is 1. The van der Waals surface area contributed by atoms with Crippen molar-refractivity contribution in [3.05, 3.63) is 22.2 Å². The summed E-state index contributed by atoms with van der Waals surface area (Å²) in [5.41, 5.74) is 6.54. The first-order chi connectivity index (χ1) is 6.49. The van der Waals surface area contributed by atoms with Crippen molar-refractivity contribution in [2.24, 2.45) is 0 Å². The number of hydrogen-bond donors (Lipinski definition) is 2. The van der Waals surface area contributed by atoms with E-state index in [4.69, 9.17) is 27.2 Å². The maximum absolute atomic E-state index is 10.8. The molecule has 5 heteroatoms. The topological polar surface area (TPSA) is 72.5 Å². The van der Waals surface area contributed by atoms with Gasteiger partial charge in [-0.2, -0.15) is 0 Å². The molecule has 0 aliphatic heterocycles.